The summed E-state index contributed by atoms with van der Waals surface area (Å²) in [5, 5.41) is 9.66. The van der Waals surface area contributed by atoms with Crippen LogP contribution in [0.5, 0.6) is 0 Å². The van der Waals surface area contributed by atoms with Gasteiger partial charge in [-0.05, 0) is 18.1 Å². The smallest absolute Gasteiger partial charge is 0.150 e. The lowest BCUT2D eigenvalue weighted by Gasteiger charge is -2.11. The lowest BCUT2D eigenvalue weighted by molar-refractivity contribution is 0.201. The third-order valence-electron chi connectivity index (χ3n) is 2.01. The van der Waals surface area contributed by atoms with Crippen molar-refractivity contribution in [3.05, 3.63) is 35.4 Å². The van der Waals surface area contributed by atoms with Gasteiger partial charge >= 0.3 is 0 Å². The van der Waals surface area contributed by atoms with Crippen LogP contribution in [-0.4, -0.2) is 25.5 Å². The molecule has 0 heterocycles. The molecule has 0 aliphatic rings. The van der Waals surface area contributed by atoms with Crippen LogP contribution in [0, 0.1) is 6.92 Å². The molecule has 0 bridgehead atoms. The molecular formula is C10H14O3S. The minimum absolute atomic E-state index is 0.224. The second-order valence-electron chi connectivity index (χ2n) is 3.46. The number of sulfone groups is 1. The Bertz CT molecular complexity index is 409. The molecule has 1 N–H and O–H groups in total. The zero-order chi connectivity index (χ0) is 10.8. The average Bonchev–Trinajstić information content (AvgIpc) is 2.01. The molecule has 1 unspecified atom stereocenters. The van der Waals surface area contributed by atoms with Crippen molar-refractivity contribution in [2.45, 2.75) is 13.0 Å². The first-order chi connectivity index (χ1) is 6.40. The summed E-state index contributed by atoms with van der Waals surface area (Å²) in [7, 11) is -3.14. The summed E-state index contributed by atoms with van der Waals surface area (Å²) in [6, 6.07) is 7.23. The standard InChI is InChI=1S/C10H14O3S/c1-8-5-3-4-6-9(8)10(11)7-14(2,12)13/h3-6,10-11H,7H2,1-2H3. The SMILES string of the molecule is Cc1ccccc1C(O)CS(C)(=O)=O. The van der Waals surface area contributed by atoms with Gasteiger partial charge in [0.15, 0.2) is 0 Å². The predicted octanol–water partition coefficient (Wildman–Crippen LogP) is 1.07. The monoisotopic (exact) mass is 214 g/mol. The van der Waals surface area contributed by atoms with Crippen LogP contribution in [0.4, 0.5) is 0 Å². The fourth-order valence-electron chi connectivity index (χ4n) is 1.34. The Balaban J connectivity index is 2.90. The van der Waals surface area contributed by atoms with E-state index < -0.39 is 15.9 Å². The third-order valence-corrected chi connectivity index (χ3v) is 2.93. The summed E-state index contributed by atoms with van der Waals surface area (Å²) >= 11 is 0. The summed E-state index contributed by atoms with van der Waals surface area (Å²) in [5.74, 6) is -0.224. The zero-order valence-electron chi connectivity index (χ0n) is 8.27. The zero-order valence-corrected chi connectivity index (χ0v) is 9.08. The summed E-state index contributed by atoms with van der Waals surface area (Å²) in [6.07, 6.45) is 0.195. The van der Waals surface area contributed by atoms with E-state index in [4.69, 9.17) is 0 Å². The van der Waals surface area contributed by atoms with Crippen molar-refractivity contribution < 1.29 is 13.5 Å². The van der Waals surface area contributed by atoms with Gasteiger partial charge in [0, 0.05) is 6.26 Å². The van der Waals surface area contributed by atoms with E-state index in [0.717, 1.165) is 11.8 Å². The van der Waals surface area contributed by atoms with E-state index in [9.17, 15) is 13.5 Å². The molecule has 0 aliphatic carbocycles. The van der Waals surface area contributed by atoms with Gasteiger partial charge in [0.1, 0.15) is 9.84 Å². The molecule has 78 valence electrons. The lowest BCUT2D eigenvalue weighted by atomic mass is 10.1. The quantitative estimate of drug-likeness (QED) is 0.819. The molecule has 4 heteroatoms. The maximum atomic E-state index is 11.0. The van der Waals surface area contributed by atoms with Crippen molar-refractivity contribution >= 4 is 9.84 Å². The topological polar surface area (TPSA) is 54.4 Å². The van der Waals surface area contributed by atoms with E-state index in [-0.39, 0.29) is 5.75 Å². The summed E-state index contributed by atoms with van der Waals surface area (Å²) in [6.45, 7) is 1.85. The van der Waals surface area contributed by atoms with Crippen LogP contribution in [0.2, 0.25) is 0 Å². The number of hydrogen-bond donors (Lipinski definition) is 1. The van der Waals surface area contributed by atoms with E-state index >= 15 is 0 Å². The molecule has 1 aromatic carbocycles. The molecule has 1 atom stereocenters. The fraction of sp³-hybridized carbons (Fsp3) is 0.400. The van der Waals surface area contributed by atoms with E-state index in [2.05, 4.69) is 0 Å². The molecule has 0 amide bonds. The number of hydrogen-bond acceptors (Lipinski definition) is 3. The predicted molar refractivity (Wildman–Crippen MR) is 55.8 cm³/mol. The van der Waals surface area contributed by atoms with E-state index in [1.54, 1.807) is 12.1 Å². The number of aryl methyl sites for hydroxylation is 1. The number of aliphatic hydroxyl groups is 1. The molecule has 3 nitrogen and oxygen atoms in total. The minimum Gasteiger partial charge on any atom is -0.387 e. The lowest BCUT2D eigenvalue weighted by Crippen LogP contribution is -2.13. The van der Waals surface area contributed by atoms with Crippen LogP contribution < -0.4 is 0 Å². The van der Waals surface area contributed by atoms with Crippen molar-refractivity contribution in [2.75, 3.05) is 12.0 Å². The molecule has 0 aliphatic heterocycles. The van der Waals surface area contributed by atoms with Crippen LogP contribution >= 0.6 is 0 Å². The molecule has 1 rings (SSSR count). The third kappa shape index (κ3) is 3.12. The largest absolute Gasteiger partial charge is 0.387 e. The molecule has 0 radical (unpaired) electrons. The van der Waals surface area contributed by atoms with Crippen LogP contribution in [0.25, 0.3) is 0 Å². The summed E-state index contributed by atoms with van der Waals surface area (Å²) < 4.78 is 21.9. The Labute approximate surface area is 84.3 Å². The van der Waals surface area contributed by atoms with Gasteiger partial charge in [-0.1, -0.05) is 24.3 Å². The molecule has 14 heavy (non-hydrogen) atoms. The highest BCUT2D eigenvalue weighted by atomic mass is 32.2. The molecule has 0 fully saturated rings. The molecule has 0 saturated carbocycles. The molecule has 0 spiro atoms. The van der Waals surface area contributed by atoms with Crippen LogP contribution in [0.15, 0.2) is 24.3 Å². The van der Waals surface area contributed by atoms with Crippen molar-refractivity contribution in [1.29, 1.82) is 0 Å². The van der Waals surface area contributed by atoms with Crippen LogP contribution in [0.1, 0.15) is 17.2 Å². The number of benzene rings is 1. The summed E-state index contributed by atoms with van der Waals surface area (Å²) in [5.41, 5.74) is 1.58. The number of aliphatic hydroxyl groups excluding tert-OH is 1. The Morgan fingerprint density at radius 3 is 2.43 bits per heavy atom. The summed E-state index contributed by atoms with van der Waals surface area (Å²) in [4.78, 5) is 0. The van der Waals surface area contributed by atoms with E-state index in [0.29, 0.717) is 5.56 Å². The van der Waals surface area contributed by atoms with E-state index in [1.165, 1.54) is 0 Å². The second-order valence-corrected chi connectivity index (χ2v) is 5.65. The minimum atomic E-state index is -3.14. The molecule has 0 saturated heterocycles. The van der Waals surface area contributed by atoms with Gasteiger partial charge < -0.3 is 5.11 Å². The normalized spacial score (nSPS) is 13.9. The van der Waals surface area contributed by atoms with Crippen LogP contribution in [0.3, 0.4) is 0 Å². The Hall–Kier alpha value is -0.870. The van der Waals surface area contributed by atoms with Gasteiger partial charge in [-0.3, -0.25) is 0 Å². The Kier molecular flexibility index (Phi) is 3.29. The van der Waals surface area contributed by atoms with Gasteiger partial charge in [-0.25, -0.2) is 8.42 Å². The second kappa shape index (κ2) is 4.11. The Morgan fingerprint density at radius 2 is 1.93 bits per heavy atom. The van der Waals surface area contributed by atoms with Crippen molar-refractivity contribution in [3.8, 4) is 0 Å². The first-order valence-electron chi connectivity index (χ1n) is 4.31. The van der Waals surface area contributed by atoms with Gasteiger partial charge in [-0.15, -0.1) is 0 Å². The van der Waals surface area contributed by atoms with Gasteiger partial charge in [0.2, 0.25) is 0 Å². The average molecular weight is 214 g/mol. The van der Waals surface area contributed by atoms with Crippen molar-refractivity contribution in [2.24, 2.45) is 0 Å². The number of rotatable bonds is 3. The molecule has 0 aromatic heterocycles. The van der Waals surface area contributed by atoms with E-state index in [1.807, 2.05) is 19.1 Å². The van der Waals surface area contributed by atoms with Crippen molar-refractivity contribution in [1.82, 2.24) is 0 Å². The first kappa shape index (κ1) is 11.2. The fourth-order valence-corrected chi connectivity index (χ4v) is 2.09. The highest BCUT2D eigenvalue weighted by molar-refractivity contribution is 7.90. The van der Waals surface area contributed by atoms with Crippen molar-refractivity contribution in [3.63, 3.8) is 0 Å². The highest BCUT2D eigenvalue weighted by Gasteiger charge is 2.15. The first-order valence-corrected chi connectivity index (χ1v) is 6.37. The van der Waals surface area contributed by atoms with Gasteiger partial charge in [0.05, 0.1) is 11.9 Å². The van der Waals surface area contributed by atoms with Gasteiger partial charge in [-0.2, -0.15) is 0 Å². The maximum Gasteiger partial charge on any atom is 0.150 e. The maximum absolute atomic E-state index is 11.0. The highest BCUT2D eigenvalue weighted by Crippen LogP contribution is 2.18. The molecular weight excluding hydrogens is 200 g/mol. The molecule has 1 aromatic rings. The van der Waals surface area contributed by atoms with Crippen LogP contribution in [-0.2, 0) is 9.84 Å². The Morgan fingerprint density at radius 1 is 1.36 bits per heavy atom. The van der Waals surface area contributed by atoms with Gasteiger partial charge in [0.25, 0.3) is 0 Å².